The first-order chi connectivity index (χ1) is 31.1. The van der Waals surface area contributed by atoms with Crippen molar-refractivity contribution in [3.8, 4) is 0 Å². The summed E-state index contributed by atoms with van der Waals surface area (Å²) in [5.74, 6) is -0.397. The van der Waals surface area contributed by atoms with Gasteiger partial charge >= 0.3 is 16.4 Å². The minimum atomic E-state index is -5.06. The highest BCUT2D eigenvalue weighted by molar-refractivity contribution is 7.80. The van der Waals surface area contributed by atoms with E-state index in [0.29, 0.717) is 13.0 Å². The van der Waals surface area contributed by atoms with E-state index in [0.717, 1.165) is 44.9 Å². The van der Waals surface area contributed by atoms with Crippen molar-refractivity contribution < 1.29 is 56.2 Å². The molecule has 0 aromatic carbocycles. The molecule has 1 saturated heterocycles. The van der Waals surface area contributed by atoms with E-state index in [-0.39, 0.29) is 19.6 Å². The van der Waals surface area contributed by atoms with Gasteiger partial charge in [-0.3, -0.25) is 9.35 Å². The summed E-state index contributed by atoms with van der Waals surface area (Å²) < 4.78 is 59.2. The topological polar surface area (TPSA) is 178 Å². The van der Waals surface area contributed by atoms with Gasteiger partial charge < -0.3 is 34.3 Å². The molecule has 12 nitrogen and oxygen atoms in total. The van der Waals surface area contributed by atoms with Gasteiger partial charge in [0.2, 0.25) is 0 Å². The van der Waals surface area contributed by atoms with Crippen LogP contribution < -0.4 is 0 Å². The van der Waals surface area contributed by atoms with Crippen LogP contribution in [-0.4, -0.2) is 97.5 Å². The van der Waals surface area contributed by atoms with Gasteiger partial charge in [-0.05, 0) is 44.9 Å². The molecule has 0 radical (unpaired) electrons. The SMILES string of the molecule is CCCCCCC/C=C\C/C=C\CCCCCCCCCCCCCC(=O)OC(COCCCCCCCCCCCCCCCC)COC1OC(CO)C(O)C(OS(=O)(=O)O)C1O. The number of allylic oxidation sites excluding steroid dienone is 4. The molecule has 1 fully saturated rings. The van der Waals surface area contributed by atoms with E-state index in [9.17, 15) is 33.1 Å². The average molecular weight is 933 g/mol. The highest BCUT2D eigenvalue weighted by Gasteiger charge is 2.48. The number of rotatable bonds is 46. The Morgan fingerprint density at radius 2 is 1.03 bits per heavy atom. The molecule has 0 spiro atoms. The molecule has 6 unspecified atom stereocenters. The van der Waals surface area contributed by atoms with E-state index in [4.69, 9.17) is 18.9 Å². The molecule has 4 N–H and O–H groups in total. The van der Waals surface area contributed by atoms with Crippen LogP contribution in [-0.2, 0) is 38.3 Å². The second kappa shape index (κ2) is 42.9. The Morgan fingerprint density at radius 3 is 1.48 bits per heavy atom. The lowest BCUT2D eigenvalue weighted by Gasteiger charge is -2.41. The molecule has 64 heavy (non-hydrogen) atoms. The van der Waals surface area contributed by atoms with Crippen molar-refractivity contribution in [1.82, 2.24) is 0 Å². The third-order valence-corrected chi connectivity index (χ3v) is 12.5. The highest BCUT2D eigenvalue weighted by Crippen LogP contribution is 2.26. The van der Waals surface area contributed by atoms with Crippen molar-refractivity contribution in [3.63, 3.8) is 0 Å². The molecule has 0 amide bonds. The number of aliphatic hydroxyl groups excluding tert-OH is 3. The summed E-state index contributed by atoms with van der Waals surface area (Å²) in [5.41, 5.74) is 0. The number of carbonyl (C=O) groups excluding carboxylic acids is 1. The first kappa shape index (κ1) is 60.6. The minimum absolute atomic E-state index is 0.0399. The maximum absolute atomic E-state index is 12.9. The van der Waals surface area contributed by atoms with Gasteiger partial charge in [0.25, 0.3) is 0 Å². The van der Waals surface area contributed by atoms with Crippen LogP contribution >= 0.6 is 0 Å². The smallest absolute Gasteiger partial charge is 0.397 e. The zero-order valence-electron chi connectivity index (χ0n) is 40.6. The predicted octanol–water partition coefficient (Wildman–Crippen LogP) is 12.0. The van der Waals surface area contributed by atoms with Crippen molar-refractivity contribution in [2.75, 3.05) is 26.4 Å². The van der Waals surface area contributed by atoms with Crippen molar-refractivity contribution >= 4 is 16.4 Å². The molecule has 0 aliphatic carbocycles. The lowest BCUT2D eigenvalue weighted by atomic mass is 9.99. The fourth-order valence-electron chi connectivity index (χ4n) is 8.12. The molecule has 1 heterocycles. The van der Waals surface area contributed by atoms with Gasteiger partial charge in [-0.2, -0.15) is 8.42 Å². The number of esters is 1. The van der Waals surface area contributed by atoms with Gasteiger partial charge in [-0.25, -0.2) is 4.18 Å². The summed E-state index contributed by atoms with van der Waals surface area (Å²) >= 11 is 0. The largest absolute Gasteiger partial charge is 0.457 e. The Kier molecular flexibility index (Phi) is 40.6. The van der Waals surface area contributed by atoms with E-state index < -0.39 is 59.8 Å². The van der Waals surface area contributed by atoms with Gasteiger partial charge in [0.05, 0.1) is 19.8 Å². The van der Waals surface area contributed by atoms with Crippen molar-refractivity contribution in [2.45, 2.75) is 269 Å². The minimum Gasteiger partial charge on any atom is -0.457 e. The monoisotopic (exact) mass is 933 g/mol. The van der Waals surface area contributed by atoms with Crippen LogP contribution in [0.3, 0.4) is 0 Å². The first-order valence-corrected chi connectivity index (χ1v) is 27.5. The Bertz CT molecular complexity index is 1210. The number of aliphatic hydroxyl groups is 3. The summed E-state index contributed by atoms with van der Waals surface area (Å²) in [6, 6.07) is 0. The summed E-state index contributed by atoms with van der Waals surface area (Å²) in [6.07, 6.45) is 40.6. The Hall–Kier alpha value is -1.42. The molecule has 1 rings (SSSR count). The molecule has 6 atom stereocenters. The van der Waals surface area contributed by atoms with Crippen LogP contribution in [0.2, 0.25) is 0 Å². The van der Waals surface area contributed by atoms with E-state index >= 15 is 0 Å². The summed E-state index contributed by atoms with van der Waals surface area (Å²) in [5, 5.41) is 30.7. The van der Waals surface area contributed by atoms with E-state index in [1.807, 2.05) is 0 Å². The average Bonchev–Trinajstić information content (AvgIpc) is 3.27. The fourth-order valence-corrected chi connectivity index (χ4v) is 8.62. The molecule has 0 aromatic heterocycles. The highest BCUT2D eigenvalue weighted by atomic mass is 32.3. The van der Waals surface area contributed by atoms with Crippen molar-refractivity contribution in [1.29, 1.82) is 0 Å². The van der Waals surface area contributed by atoms with Gasteiger partial charge in [0, 0.05) is 13.0 Å². The molecule has 1 aliphatic heterocycles. The maximum atomic E-state index is 12.9. The van der Waals surface area contributed by atoms with Crippen LogP contribution in [0.1, 0.15) is 232 Å². The second-order valence-electron chi connectivity index (χ2n) is 18.1. The van der Waals surface area contributed by atoms with Gasteiger partial charge in [0.15, 0.2) is 6.29 Å². The normalized spacial score (nSPS) is 19.9. The molecule has 0 aromatic rings. The Balaban J connectivity index is 2.32. The van der Waals surface area contributed by atoms with Crippen LogP contribution in [0.5, 0.6) is 0 Å². The third kappa shape index (κ3) is 35.7. The summed E-state index contributed by atoms with van der Waals surface area (Å²) in [6.45, 7) is 4.02. The van der Waals surface area contributed by atoms with Crippen molar-refractivity contribution in [2.24, 2.45) is 0 Å². The molecule has 0 bridgehead atoms. The second-order valence-corrected chi connectivity index (χ2v) is 19.2. The quantitative estimate of drug-likeness (QED) is 0.0197. The van der Waals surface area contributed by atoms with E-state index in [1.165, 1.54) is 161 Å². The molecule has 13 heteroatoms. The standard InChI is InChI=1S/C51H96O12S/c1-3-5-7-9-11-13-15-17-19-20-21-22-23-24-25-26-27-28-30-32-34-36-38-40-47(53)61-45(43-59-41-39-37-35-33-31-29-18-16-14-12-10-8-6-4-2)44-60-51-49(55)50(63-64(56,57)58)48(54)46(42-52)62-51/h15,17,20-21,45-46,48-52,54-55H,3-14,16,18-19,22-44H2,1-2H3,(H,56,57,58)/b17-15-,21-20-. The Labute approximate surface area is 391 Å². The number of hydrogen-bond acceptors (Lipinski definition) is 11. The van der Waals surface area contributed by atoms with Crippen LogP contribution in [0.4, 0.5) is 0 Å². The molecule has 0 saturated carbocycles. The van der Waals surface area contributed by atoms with E-state index in [1.54, 1.807) is 0 Å². The number of carbonyl (C=O) groups is 1. The molecular weight excluding hydrogens is 837 g/mol. The van der Waals surface area contributed by atoms with Gasteiger partial charge in [-0.15, -0.1) is 0 Å². The Morgan fingerprint density at radius 1 is 0.594 bits per heavy atom. The van der Waals surface area contributed by atoms with Crippen LogP contribution in [0, 0.1) is 0 Å². The zero-order chi connectivity index (χ0) is 46.8. The zero-order valence-corrected chi connectivity index (χ0v) is 41.4. The maximum Gasteiger partial charge on any atom is 0.397 e. The van der Waals surface area contributed by atoms with Gasteiger partial charge in [0.1, 0.15) is 30.5 Å². The van der Waals surface area contributed by atoms with Crippen LogP contribution in [0.15, 0.2) is 24.3 Å². The lowest BCUT2D eigenvalue weighted by Crippen LogP contribution is -2.60. The third-order valence-electron chi connectivity index (χ3n) is 12.1. The number of ether oxygens (including phenoxy) is 4. The number of unbranched alkanes of at least 4 members (excludes halogenated alkanes) is 29. The fraction of sp³-hybridized carbons (Fsp3) is 0.902. The molecular formula is C51H96O12S. The first-order valence-electron chi connectivity index (χ1n) is 26.1. The molecule has 1 aliphatic rings. The lowest BCUT2D eigenvalue weighted by molar-refractivity contribution is -0.301. The van der Waals surface area contributed by atoms with Crippen LogP contribution in [0.25, 0.3) is 0 Å². The predicted molar refractivity (Wildman–Crippen MR) is 257 cm³/mol. The van der Waals surface area contributed by atoms with E-state index in [2.05, 4.69) is 42.3 Å². The van der Waals surface area contributed by atoms with Crippen molar-refractivity contribution in [3.05, 3.63) is 24.3 Å². The molecule has 378 valence electrons. The summed E-state index contributed by atoms with van der Waals surface area (Å²) in [7, 11) is -5.06. The number of hydrogen-bond donors (Lipinski definition) is 4. The van der Waals surface area contributed by atoms with Gasteiger partial charge in [-0.1, -0.05) is 205 Å². The summed E-state index contributed by atoms with van der Waals surface area (Å²) in [4.78, 5) is 12.9.